The Morgan fingerprint density at radius 2 is 2.38 bits per heavy atom. The van der Waals surface area contributed by atoms with Gasteiger partial charge in [-0.2, -0.15) is 0 Å². The number of hydrogen-bond donors (Lipinski definition) is 2. The largest absolute Gasteiger partial charge is 0.450 e. The molecule has 1 amide bonds. The van der Waals surface area contributed by atoms with Crippen molar-refractivity contribution in [2.45, 2.75) is 20.4 Å². The zero-order chi connectivity index (χ0) is 11.8. The number of nitrogens with one attached hydrogen (secondary N) is 2. The molecular formula is C10H17N3O2S. The molecule has 1 heterocycles. The Labute approximate surface area is 99.2 Å². The number of alkyl carbamates (subject to hydrolysis) is 1. The topological polar surface area (TPSA) is 63.2 Å². The molecule has 2 N–H and O–H groups in total. The molecule has 0 fully saturated rings. The predicted octanol–water partition coefficient (Wildman–Crippen LogP) is 1.29. The van der Waals surface area contributed by atoms with Gasteiger partial charge in [-0.25, -0.2) is 9.78 Å². The van der Waals surface area contributed by atoms with Crippen molar-refractivity contribution < 1.29 is 9.53 Å². The minimum atomic E-state index is -0.366. The molecule has 0 radical (unpaired) electrons. The quantitative estimate of drug-likeness (QED) is 0.739. The van der Waals surface area contributed by atoms with Gasteiger partial charge in [0.15, 0.2) is 0 Å². The summed E-state index contributed by atoms with van der Waals surface area (Å²) in [6, 6.07) is 0. The van der Waals surface area contributed by atoms with E-state index in [1.54, 1.807) is 18.3 Å². The molecule has 6 heteroatoms. The van der Waals surface area contributed by atoms with Crippen LogP contribution in [0.25, 0.3) is 0 Å². The SMILES string of the molecule is CCOC(=O)NCCNCc1nc(C)cs1. The molecule has 1 aromatic heterocycles. The summed E-state index contributed by atoms with van der Waals surface area (Å²) in [5.41, 5.74) is 1.05. The number of aryl methyl sites for hydroxylation is 1. The molecule has 0 atom stereocenters. The average molecular weight is 243 g/mol. The number of ether oxygens (including phenoxy) is 1. The summed E-state index contributed by atoms with van der Waals surface area (Å²) in [7, 11) is 0. The molecule has 0 unspecified atom stereocenters. The van der Waals surface area contributed by atoms with E-state index >= 15 is 0 Å². The molecule has 0 aliphatic heterocycles. The molecular weight excluding hydrogens is 226 g/mol. The first-order valence-corrected chi connectivity index (χ1v) is 6.12. The molecule has 0 aromatic carbocycles. The van der Waals surface area contributed by atoms with E-state index in [1.165, 1.54) is 0 Å². The van der Waals surface area contributed by atoms with Gasteiger partial charge in [0.05, 0.1) is 6.61 Å². The van der Waals surface area contributed by atoms with Crippen molar-refractivity contribution in [3.8, 4) is 0 Å². The van der Waals surface area contributed by atoms with Crippen LogP contribution in [0.4, 0.5) is 4.79 Å². The highest BCUT2D eigenvalue weighted by Gasteiger charge is 1.99. The number of carbonyl (C=O) groups excluding carboxylic acids is 1. The van der Waals surface area contributed by atoms with Crippen molar-refractivity contribution in [1.82, 2.24) is 15.6 Å². The Hall–Kier alpha value is -1.14. The van der Waals surface area contributed by atoms with Crippen molar-refractivity contribution in [1.29, 1.82) is 0 Å². The van der Waals surface area contributed by atoms with Crippen LogP contribution in [0.2, 0.25) is 0 Å². The van der Waals surface area contributed by atoms with E-state index in [4.69, 9.17) is 4.74 Å². The summed E-state index contributed by atoms with van der Waals surface area (Å²) in [5, 5.41) is 8.91. The molecule has 0 spiro atoms. The second-order valence-corrected chi connectivity index (χ2v) is 4.15. The first-order valence-electron chi connectivity index (χ1n) is 5.24. The molecule has 1 aromatic rings. The molecule has 1 rings (SSSR count). The third-order valence-electron chi connectivity index (χ3n) is 1.79. The highest BCUT2D eigenvalue weighted by Crippen LogP contribution is 2.07. The molecule has 16 heavy (non-hydrogen) atoms. The average Bonchev–Trinajstić information content (AvgIpc) is 2.64. The van der Waals surface area contributed by atoms with Gasteiger partial charge in [-0.15, -0.1) is 11.3 Å². The third kappa shape index (κ3) is 5.09. The summed E-state index contributed by atoms with van der Waals surface area (Å²) in [6.45, 7) is 6.16. The maximum absolute atomic E-state index is 10.9. The molecule has 0 aliphatic rings. The maximum Gasteiger partial charge on any atom is 0.407 e. The van der Waals surface area contributed by atoms with Gasteiger partial charge in [0.25, 0.3) is 0 Å². The number of carbonyl (C=O) groups is 1. The smallest absolute Gasteiger partial charge is 0.407 e. The first-order chi connectivity index (χ1) is 7.72. The van der Waals surface area contributed by atoms with Crippen molar-refractivity contribution in [2.24, 2.45) is 0 Å². The Morgan fingerprint density at radius 1 is 1.56 bits per heavy atom. The van der Waals surface area contributed by atoms with Crippen molar-refractivity contribution in [2.75, 3.05) is 19.7 Å². The van der Waals surface area contributed by atoms with Gasteiger partial charge in [0.2, 0.25) is 0 Å². The number of rotatable bonds is 6. The van der Waals surface area contributed by atoms with Gasteiger partial charge in [-0.05, 0) is 13.8 Å². The zero-order valence-corrected chi connectivity index (χ0v) is 10.4. The van der Waals surface area contributed by atoms with Crippen molar-refractivity contribution in [3.05, 3.63) is 16.1 Å². The molecule has 0 saturated heterocycles. The van der Waals surface area contributed by atoms with Crippen molar-refractivity contribution >= 4 is 17.4 Å². The lowest BCUT2D eigenvalue weighted by Crippen LogP contribution is -2.32. The van der Waals surface area contributed by atoms with Crippen LogP contribution < -0.4 is 10.6 Å². The van der Waals surface area contributed by atoms with E-state index in [1.807, 2.05) is 12.3 Å². The van der Waals surface area contributed by atoms with Crippen LogP contribution in [0.5, 0.6) is 0 Å². The Morgan fingerprint density at radius 3 is 3.00 bits per heavy atom. The Balaban J connectivity index is 2.02. The summed E-state index contributed by atoms with van der Waals surface area (Å²) in [4.78, 5) is 15.2. The lowest BCUT2D eigenvalue weighted by Gasteiger charge is -2.05. The number of thiazole rings is 1. The Bertz CT molecular complexity index is 328. The summed E-state index contributed by atoms with van der Waals surface area (Å²) < 4.78 is 4.72. The third-order valence-corrected chi connectivity index (χ3v) is 2.76. The van der Waals surface area contributed by atoms with Gasteiger partial charge in [0, 0.05) is 30.7 Å². The van der Waals surface area contributed by atoms with Crippen LogP contribution in [-0.2, 0) is 11.3 Å². The molecule has 0 saturated carbocycles. The number of hydrogen-bond acceptors (Lipinski definition) is 5. The van der Waals surface area contributed by atoms with E-state index in [0.717, 1.165) is 17.2 Å². The molecule has 0 aliphatic carbocycles. The monoisotopic (exact) mass is 243 g/mol. The van der Waals surface area contributed by atoms with Gasteiger partial charge >= 0.3 is 6.09 Å². The second-order valence-electron chi connectivity index (χ2n) is 3.21. The van der Waals surface area contributed by atoms with Crippen LogP contribution in [0.1, 0.15) is 17.6 Å². The fraction of sp³-hybridized carbons (Fsp3) is 0.600. The van der Waals surface area contributed by atoms with E-state index in [2.05, 4.69) is 15.6 Å². The van der Waals surface area contributed by atoms with Crippen LogP contribution >= 0.6 is 11.3 Å². The highest BCUT2D eigenvalue weighted by atomic mass is 32.1. The standard InChI is InChI=1S/C10H17N3O2S/c1-3-15-10(14)12-5-4-11-6-9-13-8(2)7-16-9/h7,11H,3-6H2,1-2H3,(H,12,14). The summed E-state index contributed by atoms with van der Waals surface area (Å²) in [5.74, 6) is 0. The van der Waals surface area contributed by atoms with E-state index in [-0.39, 0.29) is 6.09 Å². The summed E-state index contributed by atoms with van der Waals surface area (Å²) in [6.07, 6.45) is -0.366. The van der Waals surface area contributed by atoms with E-state index < -0.39 is 0 Å². The number of nitrogens with zero attached hydrogens (tertiary/aromatic N) is 1. The Kier molecular flexibility index (Phi) is 5.81. The predicted molar refractivity (Wildman–Crippen MR) is 63.6 cm³/mol. The van der Waals surface area contributed by atoms with Crippen LogP contribution in [0.15, 0.2) is 5.38 Å². The maximum atomic E-state index is 10.9. The van der Waals surface area contributed by atoms with Crippen LogP contribution in [0, 0.1) is 6.92 Å². The second kappa shape index (κ2) is 7.19. The molecule has 0 bridgehead atoms. The van der Waals surface area contributed by atoms with Gasteiger partial charge in [-0.1, -0.05) is 0 Å². The van der Waals surface area contributed by atoms with E-state index in [0.29, 0.717) is 19.7 Å². The van der Waals surface area contributed by atoms with Gasteiger partial charge in [0.1, 0.15) is 5.01 Å². The van der Waals surface area contributed by atoms with Crippen LogP contribution in [-0.4, -0.2) is 30.8 Å². The molecule has 5 nitrogen and oxygen atoms in total. The fourth-order valence-electron chi connectivity index (χ4n) is 1.11. The lowest BCUT2D eigenvalue weighted by atomic mass is 10.5. The number of amides is 1. The molecule has 90 valence electrons. The van der Waals surface area contributed by atoms with E-state index in [9.17, 15) is 4.79 Å². The number of aromatic nitrogens is 1. The van der Waals surface area contributed by atoms with Gasteiger partial charge in [-0.3, -0.25) is 0 Å². The normalized spacial score (nSPS) is 10.1. The lowest BCUT2D eigenvalue weighted by molar-refractivity contribution is 0.152. The van der Waals surface area contributed by atoms with Crippen molar-refractivity contribution in [3.63, 3.8) is 0 Å². The first kappa shape index (κ1) is 12.9. The minimum absolute atomic E-state index is 0.366. The fourth-order valence-corrected chi connectivity index (χ4v) is 1.86. The minimum Gasteiger partial charge on any atom is -0.450 e. The van der Waals surface area contributed by atoms with Gasteiger partial charge < -0.3 is 15.4 Å². The zero-order valence-electron chi connectivity index (χ0n) is 9.58. The van der Waals surface area contributed by atoms with Crippen LogP contribution in [0.3, 0.4) is 0 Å². The highest BCUT2D eigenvalue weighted by molar-refractivity contribution is 7.09. The summed E-state index contributed by atoms with van der Waals surface area (Å²) >= 11 is 1.64.